The van der Waals surface area contributed by atoms with Crippen molar-refractivity contribution in [3.05, 3.63) is 76.5 Å². The molecule has 1 heterocycles. The molecule has 3 rings (SSSR count). The second kappa shape index (κ2) is 11.6. The first-order chi connectivity index (χ1) is 12.9. The molecule has 0 amide bonds. The Labute approximate surface area is 191 Å². The summed E-state index contributed by atoms with van der Waals surface area (Å²) in [7, 11) is -3.76. The van der Waals surface area contributed by atoms with Gasteiger partial charge in [0.1, 0.15) is 0 Å². The number of nitrogens with zero attached hydrogens (tertiary/aromatic N) is 1. The molecule has 156 valence electrons. The Morgan fingerprint density at radius 1 is 1.03 bits per heavy atom. The smallest absolute Gasteiger partial charge is 0.238 e. The number of nitrogens with two attached hydrogens (primary N) is 1. The lowest BCUT2D eigenvalue weighted by atomic mass is 10.1. The van der Waals surface area contributed by atoms with Crippen molar-refractivity contribution < 1.29 is 8.42 Å². The minimum atomic E-state index is -3.76. The molecule has 0 spiro atoms. The van der Waals surface area contributed by atoms with E-state index in [0.717, 1.165) is 34.2 Å². The number of nitrogens with one attached hydrogen (secondary N) is 1. The lowest BCUT2D eigenvalue weighted by molar-refractivity contribution is 0.598. The molecular weight excluding hydrogens is 497 g/mol. The molecule has 29 heavy (non-hydrogen) atoms. The maximum absolute atomic E-state index is 11.8. The monoisotopic (exact) mass is 517 g/mol. The molecule has 0 saturated carbocycles. The number of aromatic nitrogens is 1. The molecule has 0 bridgehead atoms. The molecule has 5 nitrogen and oxygen atoms in total. The average molecular weight is 519 g/mol. The van der Waals surface area contributed by atoms with Gasteiger partial charge in [0.15, 0.2) is 0 Å². The van der Waals surface area contributed by atoms with Gasteiger partial charge in [-0.25, -0.2) is 13.6 Å². The summed E-state index contributed by atoms with van der Waals surface area (Å²) in [5, 5.41) is 10.1. The second-order valence-electron chi connectivity index (χ2n) is 6.06. The maximum Gasteiger partial charge on any atom is 0.238 e. The van der Waals surface area contributed by atoms with Crippen molar-refractivity contribution in [2.24, 2.45) is 5.14 Å². The average Bonchev–Trinajstić information content (AvgIpc) is 2.65. The fourth-order valence-corrected chi connectivity index (χ4v) is 3.86. The topological polar surface area (TPSA) is 85.1 Å². The third-order valence-corrected chi connectivity index (χ3v) is 5.63. The Morgan fingerprint density at radius 2 is 1.76 bits per heavy atom. The first kappa shape index (κ1) is 25.6. The van der Waals surface area contributed by atoms with Gasteiger partial charge < -0.3 is 5.32 Å². The molecule has 3 N–H and O–H groups in total. The summed E-state index contributed by atoms with van der Waals surface area (Å²) in [5.74, 6) is 0. The molecule has 2 aromatic carbocycles. The molecule has 0 fully saturated rings. The summed E-state index contributed by atoms with van der Waals surface area (Å²) in [6.45, 7) is 1.47. The minimum absolute atomic E-state index is 0. The SMILES string of the molecule is Cl.Cl.NS(=O)(=O)c1cccc2c(CCNCC=Cc3ccc(Br)cc3)nccc12. The van der Waals surface area contributed by atoms with Crippen LogP contribution in [0.15, 0.2) is 70.2 Å². The zero-order chi connectivity index (χ0) is 19.3. The molecule has 0 saturated heterocycles. The van der Waals surface area contributed by atoms with Crippen molar-refractivity contribution in [2.75, 3.05) is 13.1 Å². The van der Waals surface area contributed by atoms with Crippen LogP contribution >= 0.6 is 40.7 Å². The molecule has 3 aromatic rings. The molecule has 9 heteroatoms. The zero-order valence-electron chi connectivity index (χ0n) is 15.4. The van der Waals surface area contributed by atoms with Crippen molar-refractivity contribution in [2.45, 2.75) is 11.3 Å². The van der Waals surface area contributed by atoms with E-state index in [-0.39, 0.29) is 29.7 Å². The van der Waals surface area contributed by atoms with Crippen molar-refractivity contribution in [1.29, 1.82) is 0 Å². The predicted molar refractivity (Wildman–Crippen MR) is 127 cm³/mol. The number of primary sulfonamides is 1. The summed E-state index contributed by atoms with van der Waals surface area (Å²) in [6.07, 6.45) is 6.45. The second-order valence-corrected chi connectivity index (χ2v) is 8.51. The molecule has 1 aromatic heterocycles. The van der Waals surface area contributed by atoms with E-state index in [0.29, 0.717) is 11.8 Å². The van der Waals surface area contributed by atoms with Gasteiger partial charge in [0.2, 0.25) is 10.0 Å². The summed E-state index contributed by atoms with van der Waals surface area (Å²) in [4.78, 5) is 4.54. The standard InChI is InChI=1S/C20H20BrN3O2S.2ClH/c21-16-8-6-15(7-9-16)3-2-12-23-13-11-19-17-4-1-5-20(27(22,25)26)18(17)10-14-24-19;;/h1-10,14,23H,11-13H2,(H2,22,25,26);2*1H. The van der Waals surface area contributed by atoms with Gasteiger partial charge in [-0.15, -0.1) is 24.8 Å². The van der Waals surface area contributed by atoms with E-state index in [1.54, 1.807) is 18.3 Å². The van der Waals surface area contributed by atoms with E-state index in [9.17, 15) is 8.42 Å². The molecule has 0 radical (unpaired) electrons. The lowest BCUT2D eigenvalue weighted by Crippen LogP contribution is -2.18. The third kappa shape index (κ3) is 7.06. The number of pyridine rings is 1. The van der Waals surface area contributed by atoms with Crippen LogP contribution in [0.1, 0.15) is 11.3 Å². The van der Waals surface area contributed by atoms with E-state index in [2.05, 4.69) is 38.4 Å². The van der Waals surface area contributed by atoms with Gasteiger partial charge in [0.05, 0.1) is 4.90 Å². The highest BCUT2D eigenvalue weighted by molar-refractivity contribution is 9.10. The van der Waals surface area contributed by atoms with E-state index in [1.807, 2.05) is 30.3 Å². The fraction of sp³-hybridized carbons (Fsp3) is 0.150. The normalized spacial score (nSPS) is 11.2. The van der Waals surface area contributed by atoms with E-state index >= 15 is 0 Å². The molecular formula is C20H22BrCl2N3O2S. The Hall–Kier alpha value is -1.48. The van der Waals surface area contributed by atoms with Crippen molar-refractivity contribution in [1.82, 2.24) is 10.3 Å². The van der Waals surface area contributed by atoms with Crippen LogP contribution in [0.25, 0.3) is 16.8 Å². The number of rotatable bonds is 7. The van der Waals surface area contributed by atoms with Crippen LogP contribution in [0.5, 0.6) is 0 Å². The summed E-state index contributed by atoms with van der Waals surface area (Å²) >= 11 is 3.42. The quantitative estimate of drug-likeness (QED) is 0.456. The van der Waals surface area contributed by atoms with Crippen LogP contribution in [0.3, 0.4) is 0 Å². The van der Waals surface area contributed by atoms with Crippen molar-refractivity contribution in [3.8, 4) is 0 Å². The lowest BCUT2D eigenvalue weighted by Gasteiger charge is -2.09. The highest BCUT2D eigenvalue weighted by Gasteiger charge is 2.13. The van der Waals surface area contributed by atoms with Crippen LogP contribution in [0.2, 0.25) is 0 Å². The summed E-state index contributed by atoms with van der Waals surface area (Å²) < 4.78 is 24.6. The van der Waals surface area contributed by atoms with Gasteiger partial charge >= 0.3 is 0 Å². The Morgan fingerprint density at radius 3 is 2.45 bits per heavy atom. The predicted octanol–water partition coefficient (Wildman–Crippen LogP) is 4.33. The van der Waals surface area contributed by atoms with Crippen LogP contribution in [-0.4, -0.2) is 26.5 Å². The molecule has 0 aliphatic rings. The first-order valence-corrected chi connectivity index (χ1v) is 10.8. The van der Waals surface area contributed by atoms with Gasteiger partial charge in [0.25, 0.3) is 0 Å². The highest BCUT2D eigenvalue weighted by atomic mass is 79.9. The Balaban J connectivity index is 0.00000210. The largest absolute Gasteiger partial charge is 0.313 e. The number of sulfonamides is 1. The summed E-state index contributed by atoms with van der Waals surface area (Å²) in [6, 6.07) is 14.9. The van der Waals surface area contributed by atoms with Crippen LogP contribution in [0, 0.1) is 0 Å². The van der Waals surface area contributed by atoms with Gasteiger partial charge in [-0.3, -0.25) is 4.98 Å². The van der Waals surface area contributed by atoms with E-state index < -0.39 is 10.0 Å². The van der Waals surface area contributed by atoms with E-state index in [4.69, 9.17) is 5.14 Å². The number of hydrogen-bond acceptors (Lipinski definition) is 4. The van der Waals surface area contributed by atoms with Crippen molar-refractivity contribution in [3.63, 3.8) is 0 Å². The van der Waals surface area contributed by atoms with E-state index in [1.165, 1.54) is 6.07 Å². The van der Waals surface area contributed by atoms with Crippen molar-refractivity contribution >= 4 is 67.6 Å². The number of hydrogen-bond donors (Lipinski definition) is 2. The number of benzene rings is 2. The van der Waals surface area contributed by atoms with Crippen LogP contribution in [0.4, 0.5) is 0 Å². The number of fused-ring (bicyclic) bond motifs is 1. The third-order valence-electron chi connectivity index (χ3n) is 4.14. The highest BCUT2D eigenvalue weighted by Crippen LogP contribution is 2.23. The molecule has 0 unspecified atom stereocenters. The molecule has 0 aliphatic carbocycles. The molecule has 0 atom stereocenters. The van der Waals surface area contributed by atoms with Crippen LogP contribution in [-0.2, 0) is 16.4 Å². The van der Waals surface area contributed by atoms with Gasteiger partial charge in [-0.05, 0) is 29.8 Å². The summed E-state index contributed by atoms with van der Waals surface area (Å²) in [5.41, 5.74) is 1.99. The van der Waals surface area contributed by atoms with Gasteiger partial charge in [-0.1, -0.05) is 52.3 Å². The van der Waals surface area contributed by atoms with Gasteiger partial charge in [0, 0.05) is 46.6 Å². The minimum Gasteiger partial charge on any atom is -0.313 e. The number of halogens is 3. The maximum atomic E-state index is 11.8. The van der Waals surface area contributed by atoms with Gasteiger partial charge in [-0.2, -0.15) is 0 Å². The Bertz CT molecular complexity index is 1070. The molecule has 0 aliphatic heterocycles. The Kier molecular flexibility index (Phi) is 10.3. The first-order valence-electron chi connectivity index (χ1n) is 8.47. The van der Waals surface area contributed by atoms with Crippen LogP contribution < -0.4 is 10.5 Å². The zero-order valence-corrected chi connectivity index (χ0v) is 19.5. The fourth-order valence-electron chi connectivity index (χ4n) is 2.85.